The van der Waals surface area contributed by atoms with E-state index in [-0.39, 0.29) is 12.1 Å². The van der Waals surface area contributed by atoms with Crippen LogP contribution in [0.25, 0.3) is 0 Å². The Morgan fingerprint density at radius 1 is 1.47 bits per heavy atom. The number of hydrogen-bond acceptors (Lipinski definition) is 3. The average molecular weight is 215 g/mol. The summed E-state index contributed by atoms with van der Waals surface area (Å²) in [5.74, 6) is 0.850. The van der Waals surface area contributed by atoms with Crippen LogP contribution in [0.3, 0.4) is 0 Å². The van der Waals surface area contributed by atoms with Crippen molar-refractivity contribution in [3.8, 4) is 0 Å². The van der Waals surface area contributed by atoms with Crippen LogP contribution in [0.1, 0.15) is 39.0 Å². The number of aliphatic hydroxyl groups is 1. The Kier molecular flexibility index (Phi) is 5.58. The van der Waals surface area contributed by atoms with Crippen molar-refractivity contribution < 1.29 is 9.84 Å². The van der Waals surface area contributed by atoms with Crippen LogP contribution in [0.2, 0.25) is 0 Å². The van der Waals surface area contributed by atoms with E-state index >= 15 is 0 Å². The topological polar surface area (TPSA) is 41.5 Å². The predicted molar refractivity (Wildman–Crippen MR) is 61.9 cm³/mol. The molecule has 0 saturated heterocycles. The first-order chi connectivity index (χ1) is 7.26. The second-order valence-corrected chi connectivity index (χ2v) is 4.66. The Labute approximate surface area is 93.2 Å². The minimum atomic E-state index is -0.0943. The van der Waals surface area contributed by atoms with Crippen LogP contribution in [0.15, 0.2) is 0 Å². The molecule has 0 bridgehead atoms. The van der Waals surface area contributed by atoms with Gasteiger partial charge in [0.15, 0.2) is 0 Å². The highest BCUT2D eigenvalue weighted by Gasteiger charge is 2.24. The van der Waals surface area contributed by atoms with Gasteiger partial charge in [-0.1, -0.05) is 6.92 Å². The summed E-state index contributed by atoms with van der Waals surface area (Å²) in [6.45, 7) is 4.10. The maximum Gasteiger partial charge on any atom is 0.0613 e. The van der Waals surface area contributed by atoms with Crippen LogP contribution >= 0.6 is 0 Å². The minimum Gasteiger partial charge on any atom is -0.394 e. The molecule has 0 amide bonds. The van der Waals surface area contributed by atoms with Gasteiger partial charge in [-0.25, -0.2) is 0 Å². The Hall–Kier alpha value is -0.120. The van der Waals surface area contributed by atoms with Crippen LogP contribution < -0.4 is 5.32 Å². The van der Waals surface area contributed by atoms with Crippen molar-refractivity contribution in [1.82, 2.24) is 5.32 Å². The minimum absolute atomic E-state index is 0.0943. The Balaban J connectivity index is 2.04. The van der Waals surface area contributed by atoms with E-state index < -0.39 is 0 Å². The van der Waals surface area contributed by atoms with Crippen molar-refractivity contribution in [2.45, 2.75) is 44.6 Å². The number of rotatable bonds is 9. The quantitative estimate of drug-likeness (QED) is 0.573. The molecule has 0 aromatic rings. The molecule has 1 rings (SSSR count). The van der Waals surface area contributed by atoms with Gasteiger partial charge in [0.25, 0.3) is 0 Å². The van der Waals surface area contributed by atoms with Gasteiger partial charge in [0.1, 0.15) is 0 Å². The molecule has 2 N–H and O–H groups in total. The van der Waals surface area contributed by atoms with Gasteiger partial charge in [0.2, 0.25) is 0 Å². The van der Waals surface area contributed by atoms with Gasteiger partial charge in [0, 0.05) is 18.8 Å². The van der Waals surface area contributed by atoms with Crippen molar-refractivity contribution in [2.24, 2.45) is 5.92 Å². The summed E-state index contributed by atoms with van der Waals surface area (Å²) in [6.07, 6.45) is 5.68. The average Bonchev–Trinajstić information content (AvgIpc) is 3.08. The largest absolute Gasteiger partial charge is 0.394 e. The fourth-order valence-electron chi connectivity index (χ4n) is 1.80. The molecule has 0 aromatic heterocycles. The highest BCUT2D eigenvalue weighted by Crippen LogP contribution is 2.28. The molecule has 1 unspecified atom stereocenters. The smallest absolute Gasteiger partial charge is 0.0613 e. The van der Waals surface area contributed by atoms with Gasteiger partial charge in [-0.05, 0) is 45.1 Å². The normalized spacial score (nSPS) is 20.2. The number of ether oxygens (including phenoxy) is 1. The van der Waals surface area contributed by atoms with Crippen LogP contribution in [-0.2, 0) is 4.74 Å². The molecule has 0 radical (unpaired) electrons. The van der Waals surface area contributed by atoms with Gasteiger partial charge in [-0.3, -0.25) is 0 Å². The molecule has 3 nitrogen and oxygen atoms in total. The lowest BCUT2D eigenvalue weighted by molar-refractivity contribution is 0.0997. The summed E-state index contributed by atoms with van der Waals surface area (Å²) in [6, 6.07) is 0. The molecule has 0 aliphatic heterocycles. The summed E-state index contributed by atoms with van der Waals surface area (Å²) < 4.78 is 5.58. The highest BCUT2D eigenvalue weighted by atomic mass is 16.5. The molecule has 1 aliphatic rings. The first kappa shape index (κ1) is 12.9. The number of aliphatic hydroxyl groups excluding tert-OH is 1. The van der Waals surface area contributed by atoms with Crippen LogP contribution in [-0.4, -0.2) is 37.5 Å². The van der Waals surface area contributed by atoms with E-state index in [9.17, 15) is 5.11 Å². The predicted octanol–water partition coefficient (Wildman–Crippen LogP) is 1.55. The first-order valence-electron chi connectivity index (χ1n) is 6.14. The number of nitrogens with one attached hydrogen (secondary N) is 1. The van der Waals surface area contributed by atoms with Crippen molar-refractivity contribution in [3.63, 3.8) is 0 Å². The molecule has 90 valence electrons. The van der Waals surface area contributed by atoms with Crippen LogP contribution in [0, 0.1) is 5.92 Å². The Morgan fingerprint density at radius 3 is 2.67 bits per heavy atom. The summed E-state index contributed by atoms with van der Waals surface area (Å²) in [4.78, 5) is 0. The maximum absolute atomic E-state index is 9.33. The summed E-state index contributed by atoms with van der Waals surface area (Å²) in [7, 11) is 1.92. The van der Waals surface area contributed by atoms with E-state index in [4.69, 9.17) is 4.74 Å². The van der Waals surface area contributed by atoms with Crippen molar-refractivity contribution >= 4 is 0 Å². The lowest BCUT2D eigenvalue weighted by Gasteiger charge is -2.30. The van der Waals surface area contributed by atoms with Crippen molar-refractivity contribution in [2.75, 3.05) is 26.9 Å². The van der Waals surface area contributed by atoms with Gasteiger partial charge >= 0.3 is 0 Å². The van der Waals surface area contributed by atoms with Crippen molar-refractivity contribution in [1.29, 1.82) is 0 Å². The zero-order chi connectivity index (χ0) is 11.1. The second-order valence-electron chi connectivity index (χ2n) is 4.66. The monoisotopic (exact) mass is 215 g/mol. The molecule has 0 aromatic carbocycles. The summed E-state index contributed by atoms with van der Waals surface area (Å²) in [5, 5.41) is 12.5. The van der Waals surface area contributed by atoms with Crippen molar-refractivity contribution in [3.05, 3.63) is 0 Å². The van der Waals surface area contributed by atoms with Crippen LogP contribution in [0.5, 0.6) is 0 Å². The standard InChI is InChI=1S/C12H25NO2/c1-3-12(10-14,13-2)7-4-8-15-9-11-5-6-11/h11,13-14H,3-10H2,1-2H3. The number of hydrogen-bond donors (Lipinski definition) is 2. The zero-order valence-corrected chi connectivity index (χ0v) is 10.1. The molecule has 0 heterocycles. The van der Waals surface area contributed by atoms with E-state index in [0.717, 1.165) is 38.4 Å². The molecule has 0 spiro atoms. The highest BCUT2D eigenvalue weighted by molar-refractivity contribution is 4.84. The molecule has 15 heavy (non-hydrogen) atoms. The SMILES string of the molecule is CCC(CO)(CCCOCC1CC1)NC. The summed E-state index contributed by atoms with van der Waals surface area (Å²) >= 11 is 0. The first-order valence-corrected chi connectivity index (χ1v) is 6.14. The van der Waals surface area contributed by atoms with E-state index in [1.54, 1.807) is 0 Å². The van der Waals surface area contributed by atoms with E-state index in [0.29, 0.717) is 0 Å². The lowest BCUT2D eigenvalue weighted by atomic mass is 9.92. The van der Waals surface area contributed by atoms with Gasteiger partial charge in [-0.2, -0.15) is 0 Å². The zero-order valence-electron chi connectivity index (χ0n) is 10.1. The Bertz CT molecular complexity index is 157. The molecule has 1 fully saturated rings. The third-order valence-corrected chi connectivity index (χ3v) is 3.50. The fourth-order valence-corrected chi connectivity index (χ4v) is 1.80. The molecular formula is C12H25NO2. The third kappa shape index (κ3) is 4.49. The third-order valence-electron chi connectivity index (χ3n) is 3.50. The fraction of sp³-hybridized carbons (Fsp3) is 1.00. The van der Waals surface area contributed by atoms with E-state index in [1.165, 1.54) is 12.8 Å². The van der Waals surface area contributed by atoms with Crippen LogP contribution in [0.4, 0.5) is 0 Å². The van der Waals surface area contributed by atoms with Gasteiger partial charge < -0.3 is 15.2 Å². The molecule has 1 atom stereocenters. The van der Waals surface area contributed by atoms with E-state index in [1.807, 2.05) is 7.05 Å². The lowest BCUT2D eigenvalue weighted by Crippen LogP contribution is -2.46. The van der Waals surface area contributed by atoms with E-state index in [2.05, 4.69) is 12.2 Å². The second kappa shape index (κ2) is 6.46. The molecule has 1 aliphatic carbocycles. The maximum atomic E-state index is 9.33. The molecular weight excluding hydrogens is 190 g/mol. The van der Waals surface area contributed by atoms with Gasteiger partial charge in [-0.15, -0.1) is 0 Å². The molecule has 1 saturated carbocycles. The molecule has 3 heteroatoms. The summed E-state index contributed by atoms with van der Waals surface area (Å²) in [5.41, 5.74) is -0.0943. The van der Waals surface area contributed by atoms with Gasteiger partial charge in [0.05, 0.1) is 6.61 Å². The number of likely N-dealkylation sites (N-methyl/N-ethyl adjacent to an activating group) is 1. The Morgan fingerprint density at radius 2 is 2.20 bits per heavy atom.